The van der Waals surface area contributed by atoms with Crippen LogP contribution in [-0.2, 0) is 0 Å². The number of nitrogens with one attached hydrogen (secondary N) is 1. The Bertz CT molecular complexity index is 93.6. The predicted octanol–water partition coefficient (Wildman–Crippen LogP) is -2.14. The Morgan fingerprint density at radius 3 is 2.64 bits per heavy atom. The van der Waals surface area contributed by atoms with E-state index < -0.39 is 0 Å². The molecular formula is C9H20FN. The minimum absolute atomic E-state index is 0. The molecule has 1 N–H and O–H groups in total. The first kappa shape index (κ1) is 10.9. The summed E-state index contributed by atoms with van der Waals surface area (Å²) < 4.78 is 0. The van der Waals surface area contributed by atoms with E-state index in [1.165, 1.54) is 38.8 Å². The van der Waals surface area contributed by atoms with E-state index in [2.05, 4.69) is 13.8 Å². The second-order valence-corrected chi connectivity index (χ2v) is 3.56. The Morgan fingerprint density at radius 2 is 2.09 bits per heavy atom. The maximum atomic E-state index is 2.39. The summed E-state index contributed by atoms with van der Waals surface area (Å²) in [4.78, 5) is 1.84. The van der Waals surface area contributed by atoms with Gasteiger partial charge in [-0.15, -0.1) is 0 Å². The lowest BCUT2D eigenvalue weighted by atomic mass is 10.0. The van der Waals surface area contributed by atoms with Crippen molar-refractivity contribution in [3.05, 3.63) is 0 Å². The van der Waals surface area contributed by atoms with Gasteiger partial charge in [-0.05, 0) is 32.6 Å². The van der Waals surface area contributed by atoms with Gasteiger partial charge in [-0.2, -0.15) is 0 Å². The summed E-state index contributed by atoms with van der Waals surface area (Å²) in [6.07, 6.45) is 5.73. The average molecular weight is 161 g/mol. The van der Waals surface area contributed by atoms with Gasteiger partial charge in [-0.1, -0.05) is 6.92 Å². The zero-order chi connectivity index (χ0) is 7.40. The summed E-state index contributed by atoms with van der Waals surface area (Å²) in [5, 5.41) is 0. The van der Waals surface area contributed by atoms with Gasteiger partial charge in [0.1, 0.15) is 0 Å². The van der Waals surface area contributed by atoms with E-state index in [1.54, 1.807) is 0 Å². The predicted molar refractivity (Wildman–Crippen MR) is 44.3 cm³/mol. The molecule has 2 atom stereocenters. The molecule has 2 unspecified atom stereocenters. The van der Waals surface area contributed by atoms with Crippen molar-refractivity contribution in [3.63, 3.8) is 0 Å². The SMILES string of the molecule is CCC[NH+]1CCCCC1C.[F-]. The van der Waals surface area contributed by atoms with Crippen LogP contribution in [0.3, 0.4) is 0 Å². The molecule has 0 saturated carbocycles. The number of hydrogen-bond acceptors (Lipinski definition) is 0. The highest BCUT2D eigenvalue weighted by atomic mass is 19.0. The van der Waals surface area contributed by atoms with E-state index in [4.69, 9.17) is 0 Å². The van der Waals surface area contributed by atoms with Crippen molar-refractivity contribution in [1.29, 1.82) is 0 Å². The van der Waals surface area contributed by atoms with Crippen molar-refractivity contribution in [1.82, 2.24) is 0 Å². The van der Waals surface area contributed by atoms with Crippen LogP contribution in [0, 0.1) is 0 Å². The molecule has 0 aromatic heterocycles. The molecule has 11 heavy (non-hydrogen) atoms. The summed E-state index contributed by atoms with van der Waals surface area (Å²) in [5.74, 6) is 0. The molecule has 1 saturated heterocycles. The molecule has 0 aromatic rings. The standard InChI is InChI=1S/C9H19N.FH/c1-3-7-10-8-5-4-6-9(10)2;/h9H,3-8H2,1-2H3;1H. The summed E-state index contributed by atoms with van der Waals surface area (Å²) in [5.41, 5.74) is 0. The maximum Gasteiger partial charge on any atom is 0.0846 e. The van der Waals surface area contributed by atoms with E-state index in [9.17, 15) is 0 Å². The molecule has 1 aliphatic rings. The van der Waals surface area contributed by atoms with Crippen LogP contribution < -0.4 is 9.60 Å². The Labute approximate surface area is 69.1 Å². The molecule has 2 heteroatoms. The first-order valence-corrected chi connectivity index (χ1v) is 4.69. The molecule has 1 fully saturated rings. The zero-order valence-electron chi connectivity index (χ0n) is 7.70. The fourth-order valence-electron chi connectivity index (χ4n) is 1.95. The highest BCUT2D eigenvalue weighted by Crippen LogP contribution is 2.01. The van der Waals surface area contributed by atoms with E-state index in [0.717, 1.165) is 6.04 Å². The van der Waals surface area contributed by atoms with Crippen LogP contribution >= 0.6 is 0 Å². The van der Waals surface area contributed by atoms with Gasteiger partial charge < -0.3 is 9.60 Å². The van der Waals surface area contributed by atoms with Gasteiger partial charge in [0, 0.05) is 0 Å². The van der Waals surface area contributed by atoms with Crippen molar-refractivity contribution in [2.24, 2.45) is 0 Å². The monoisotopic (exact) mass is 161 g/mol. The summed E-state index contributed by atoms with van der Waals surface area (Å²) in [6.45, 7) is 7.49. The zero-order valence-corrected chi connectivity index (χ0v) is 7.70. The number of hydrogen-bond donors (Lipinski definition) is 1. The third-order valence-corrected chi connectivity index (χ3v) is 2.65. The highest BCUT2D eigenvalue weighted by Gasteiger charge is 2.19. The van der Waals surface area contributed by atoms with Crippen molar-refractivity contribution in [2.75, 3.05) is 13.1 Å². The normalized spacial score (nSPS) is 31.1. The number of likely N-dealkylation sites (tertiary alicyclic amines) is 1. The third-order valence-electron chi connectivity index (χ3n) is 2.65. The molecule has 0 amide bonds. The van der Waals surface area contributed by atoms with Crippen LogP contribution in [-0.4, -0.2) is 19.1 Å². The topological polar surface area (TPSA) is 4.44 Å². The lowest BCUT2D eigenvalue weighted by Gasteiger charge is -2.29. The fourth-order valence-corrected chi connectivity index (χ4v) is 1.95. The first-order chi connectivity index (χ1) is 4.84. The molecule has 0 aliphatic carbocycles. The van der Waals surface area contributed by atoms with Crippen LogP contribution in [0.2, 0.25) is 0 Å². The molecule has 1 nitrogen and oxygen atoms in total. The Balaban J connectivity index is 0.000001000. The summed E-state index contributed by atoms with van der Waals surface area (Å²) >= 11 is 0. The van der Waals surface area contributed by atoms with Gasteiger partial charge in [-0.3, -0.25) is 0 Å². The van der Waals surface area contributed by atoms with Gasteiger partial charge in [0.15, 0.2) is 0 Å². The average Bonchev–Trinajstić information content (AvgIpc) is 1.94. The van der Waals surface area contributed by atoms with Crippen molar-refractivity contribution in [3.8, 4) is 0 Å². The van der Waals surface area contributed by atoms with Gasteiger partial charge in [0.25, 0.3) is 0 Å². The number of piperidine rings is 1. The second-order valence-electron chi connectivity index (χ2n) is 3.56. The maximum absolute atomic E-state index is 2.39. The van der Waals surface area contributed by atoms with E-state index in [0.29, 0.717) is 0 Å². The molecule has 0 aromatic carbocycles. The number of halogens is 1. The van der Waals surface area contributed by atoms with Crippen LogP contribution in [0.1, 0.15) is 39.5 Å². The molecule has 1 aliphatic heterocycles. The Morgan fingerprint density at radius 1 is 1.36 bits per heavy atom. The summed E-state index contributed by atoms with van der Waals surface area (Å²) in [6, 6.07) is 0.939. The highest BCUT2D eigenvalue weighted by molar-refractivity contribution is 4.54. The van der Waals surface area contributed by atoms with Crippen LogP contribution in [0.5, 0.6) is 0 Å². The Kier molecular flexibility index (Phi) is 5.47. The van der Waals surface area contributed by atoms with Crippen molar-refractivity contribution < 1.29 is 9.60 Å². The molecule has 0 radical (unpaired) electrons. The largest absolute Gasteiger partial charge is 1.00 e. The van der Waals surface area contributed by atoms with Crippen molar-refractivity contribution in [2.45, 2.75) is 45.6 Å². The van der Waals surface area contributed by atoms with Gasteiger partial charge in [0.2, 0.25) is 0 Å². The molecule has 0 bridgehead atoms. The van der Waals surface area contributed by atoms with Crippen molar-refractivity contribution >= 4 is 0 Å². The lowest BCUT2D eigenvalue weighted by molar-refractivity contribution is -0.928. The minimum Gasteiger partial charge on any atom is -1.00 e. The Hall–Kier alpha value is -0.110. The van der Waals surface area contributed by atoms with Gasteiger partial charge >= 0.3 is 0 Å². The minimum atomic E-state index is 0. The van der Waals surface area contributed by atoms with Gasteiger partial charge in [-0.25, -0.2) is 0 Å². The molecule has 1 heterocycles. The number of quaternary nitrogens is 1. The van der Waals surface area contributed by atoms with Crippen LogP contribution in [0.15, 0.2) is 0 Å². The number of rotatable bonds is 2. The molecule has 0 spiro atoms. The lowest BCUT2D eigenvalue weighted by Crippen LogP contribution is -3.16. The molecule has 68 valence electrons. The third kappa shape index (κ3) is 3.19. The van der Waals surface area contributed by atoms with E-state index >= 15 is 0 Å². The fraction of sp³-hybridized carbons (Fsp3) is 1.00. The first-order valence-electron chi connectivity index (χ1n) is 4.69. The van der Waals surface area contributed by atoms with Crippen LogP contribution in [0.4, 0.5) is 0 Å². The second kappa shape index (κ2) is 5.53. The molecular weight excluding hydrogens is 141 g/mol. The smallest absolute Gasteiger partial charge is 0.0846 e. The van der Waals surface area contributed by atoms with E-state index in [1.807, 2.05) is 4.90 Å². The summed E-state index contributed by atoms with van der Waals surface area (Å²) in [7, 11) is 0. The van der Waals surface area contributed by atoms with Gasteiger partial charge in [0.05, 0.1) is 19.1 Å². The quantitative estimate of drug-likeness (QED) is 0.471. The van der Waals surface area contributed by atoms with E-state index in [-0.39, 0.29) is 4.70 Å². The molecule has 1 rings (SSSR count). The van der Waals surface area contributed by atoms with Crippen LogP contribution in [0.25, 0.3) is 0 Å².